The Morgan fingerprint density at radius 1 is 0.512 bits per heavy atom. The van der Waals surface area contributed by atoms with Gasteiger partial charge in [0.05, 0.1) is 11.0 Å². The van der Waals surface area contributed by atoms with Crippen LogP contribution in [0.15, 0.2) is 140 Å². The van der Waals surface area contributed by atoms with E-state index in [1.165, 1.54) is 65.3 Å². The van der Waals surface area contributed by atoms with Crippen LogP contribution in [0, 0.1) is 0 Å². The van der Waals surface area contributed by atoms with Crippen LogP contribution in [-0.2, 0) is 0 Å². The van der Waals surface area contributed by atoms with Gasteiger partial charge in [0.1, 0.15) is 0 Å². The number of hydrogen-bond acceptors (Lipinski definition) is 1. The minimum absolute atomic E-state index is 1.01. The molecule has 0 bridgehead atoms. The van der Waals surface area contributed by atoms with Gasteiger partial charge >= 0.3 is 0 Å². The van der Waals surface area contributed by atoms with E-state index in [2.05, 4.69) is 133 Å². The van der Waals surface area contributed by atoms with E-state index >= 15 is 0 Å². The van der Waals surface area contributed by atoms with Gasteiger partial charge in [0.2, 0.25) is 0 Å². The summed E-state index contributed by atoms with van der Waals surface area (Å²) < 4.78 is 0. The number of para-hydroxylation sites is 1. The number of nitrogens with zero attached hydrogens (tertiary/aromatic N) is 1. The van der Waals surface area contributed by atoms with Gasteiger partial charge in [-0.25, -0.2) is 4.98 Å². The molecule has 0 fully saturated rings. The van der Waals surface area contributed by atoms with Gasteiger partial charge in [0.15, 0.2) is 0 Å². The van der Waals surface area contributed by atoms with Crippen LogP contribution in [0.2, 0.25) is 0 Å². The number of hydrogen-bond donors (Lipinski definition) is 0. The van der Waals surface area contributed by atoms with E-state index in [0.29, 0.717) is 0 Å². The van der Waals surface area contributed by atoms with Crippen LogP contribution >= 0.6 is 0 Å². The predicted molar refractivity (Wildman–Crippen MR) is 178 cm³/mol. The first-order valence-corrected chi connectivity index (χ1v) is 14.2. The Morgan fingerprint density at radius 2 is 1.20 bits per heavy atom. The van der Waals surface area contributed by atoms with Crippen LogP contribution in [0.5, 0.6) is 0 Å². The molecular formula is C40H27N. The van der Waals surface area contributed by atoms with Crippen molar-refractivity contribution in [3.8, 4) is 22.3 Å². The molecule has 0 spiro atoms. The molecule has 0 N–H and O–H groups in total. The third-order valence-corrected chi connectivity index (χ3v) is 8.31. The molecule has 192 valence electrons. The number of allylic oxidation sites excluding steroid dienone is 3. The maximum absolute atomic E-state index is 5.04. The van der Waals surface area contributed by atoms with Crippen LogP contribution in [0.1, 0.15) is 12.5 Å². The van der Waals surface area contributed by atoms with Crippen molar-refractivity contribution < 1.29 is 0 Å². The Kier molecular flexibility index (Phi) is 5.43. The highest BCUT2D eigenvalue weighted by Gasteiger charge is 2.14. The molecule has 7 aromatic carbocycles. The van der Waals surface area contributed by atoms with Crippen molar-refractivity contribution in [1.82, 2.24) is 4.98 Å². The Labute approximate surface area is 239 Å². The normalized spacial score (nSPS) is 12.3. The van der Waals surface area contributed by atoms with Crippen molar-refractivity contribution >= 4 is 60.2 Å². The quantitative estimate of drug-likeness (QED) is 0.127. The van der Waals surface area contributed by atoms with Gasteiger partial charge in [0, 0.05) is 16.3 Å². The van der Waals surface area contributed by atoms with Crippen LogP contribution in [0.3, 0.4) is 0 Å². The van der Waals surface area contributed by atoms with Crippen LogP contribution in [0.4, 0.5) is 0 Å². The molecule has 1 nitrogen and oxygen atoms in total. The molecule has 0 radical (unpaired) electrons. The van der Waals surface area contributed by atoms with E-state index in [9.17, 15) is 0 Å². The molecule has 1 heterocycles. The predicted octanol–water partition coefficient (Wildman–Crippen LogP) is 11.2. The minimum Gasteiger partial charge on any atom is -0.248 e. The summed E-state index contributed by atoms with van der Waals surface area (Å²) >= 11 is 0. The lowest BCUT2D eigenvalue weighted by Crippen LogP contribution is -1.90. The van der Waals surface area contributed by atoms with Crippen LogP contribution in [-0.4, -0.2) is 4.98 Å². The lowest BCUT2D eigenvalue weighted by Gasteiger charge is -2.15. The zero-order valence-corrected chi connectivity index (χ0v) is 22.8. The lowest BCUT2D eigenvalue weighted by atomic mass is 9.89. The SMILES string of the molecule is C/C=C\C=C/c1ccc2c(-c3ccc(-c4ccc5ccc6cccc7ccc4c5c67)cc3)c3ccccc3nc2c1. The Morgan fingerprint density at radius 3 is 2.02 bits per heavy atom. The molecule has 0 aliphatic carbocycles. The molecule has 1 heteroatoms. The summed E-state index contributed by atoms with van der Waals surface area (Å²) in [5.41, 5.74) is 8.10. The fourth-order valence-corrected chi connectivity index (χ4v) is 6.41. The highest BCUT2D eigenvalue weighted by atomic mass is 14.7. The van der Waals surface area contributed by atoms with E-state index in [4.69, 9.17) is 4.98 Å². The second-order valence-corrected chi connectivity index (χ2v) is 10.7. The van der Waals surface area contributed by atoms with Gasteiger partial charge in [-0.3, -0.25) is 0 Å². The van der Waals surface area contributed by atoms with Crippen LogP contribution < -0.4 is 0 Å². The third kappa shape index (κ3) is 3.82. The summed E-state index contributed by atoms with van der Waals surface area (Å²) in [5.74, 6) is 0. The highest BCUT2D eigenvalue weighted by Crippen LogP contribution is 2.41. The highest BCUT2D eigenvalue weighted by molar-refractivity contribution is 6.25. The summed E-state index contributed by atoms with van der Waals surface area (Å²) in [6.07, 6.45) is 8.28. The molecule has 0 amide bonds. The van der Waals surface area contributed by atoms with Crippen molar-refractivity contribution in [1.29, 1.82) is 0 Å². The smallest absolute Gasteiger partial charge is 0.0721 e. The lowest BCUT2D eigenvalue weighted by molar-refractivity contribution is 1.49. The molecule has 1 aromatic heterocycles. The van der Waals surface area contributed by atoms with Crippen LogP contribution in [0.25, 0.3) is 82.5 Å². The first kappa shape index (κ1) is 23.6. The topological polar surface area (TPSA) is 12.9 Å². The molecule has 0 saturated heterocycles. The number of benzene rings is 7. The molecule has 0 aliphatic rings. The third-order valence-electron chi connectivity index (χ3n) is 8.31. The number of pyridine rings is 1. The molecule has 8 aromatic rings. The standard InChI is InChI=1S/C40H27N/c1-2-3-4-8-26-13-22-35-37(25-26)41-36-12-6-5-11-34(36)39(35)30-16-14-27(15-17-30)32-23-20-31-19-18-28-9-7-10-29-21-24-33(32)40(31)38(28)29/h2-25H,1H3/b3-2-,8-4-. The van der Waals surface area contributed by atoms with Gasteiger partial charge in [-0.05, 0) is 73.6 Å². The summed E-state index contributed by atoms with van der Waals surface area (Å²) in [7, 11) is 0. The summed E-state index contributed by atoms with van der Waals surface area (Å²) in [4.78, 5) is 5.04. The van der Waals surface area contributed by atoms with E-state index in [0.717, 1.165) is 16.6 Å². The van der Waals surface area contributed by atoms with E-state index in [1.54, 1.807) is 0 Å². The second-order valence-electron chi connectivity index (χ2n) is 10.7. The monoisotopic (exact) mass is 521 g/mol. The maximum atomic E-state index is 5.04. The largest absolute Gasteiger partial charge is 0.248 e. The van der Waals surface area contributed by atoms with Gasteiger partial charge in [0.25, 0.3) is 0 Å². The Balaban J connectivity index is 1.29. The van der Waals surface area contributed by atoms with E-state index in [1.807, 2.05) is 19.1 Å². The minimum atomic E-state index is 1.01. The first-order valence-electron chi connectivity index (χ1n) is 14.2. The molecule has 0 saturated carbocycles. The van der Waals surface area contributed by atoms with Gasteiger partial charge in [-0.1, -0.05) is 133 Å². The maximum Gasteiger partial charge on any atom is 0.0721 e. The molecule has 0 aliphatic heterocycles. The average Bonchev–Trinajstić information content (AvgIpc) is 3.02. The molecule has 0 atom stereocenters. The van der Waals surface area contributed by atoms with Crippen molar-refractivity contribution in [2.75, 3.05) is 0 Å². The van der Waals surface area contributed by atoms with E-state index in [-0.39, 0.29) is 0 Å². The van der Waals surface area contributed by atoms with Gasteiger partial charge in [-0.15, -0.1) is 0 Å². The Hall–Kier alpha value is -5.27. The summed E-state index contributed by atoms with van der Waals surface area (Å²) in [5, 5.41) is 10.2. The molecule has 41 heavy (non-hydrogen) atoms. The van der Waals surface area contributed by atoms with Gasteiger partial charge in [-0.2, -0.15) is 0 Å². The van der Waals surface area contributed by atoms with E-state index < -0.39 is 0 Å². The number of aromatic nitrogens is 1. The average molecular weight is 522 g/mol. The summed E-state index contributed by atoms with van der Waals surface area (Å²) in [6.45, 7) is 2.03. The molecule has 8 rings (SSSR count). The first-order chi connectivity index (χ1) is 20.3. The van der Waals surface area contributed by atoms with Crippen molar-refractivity contribution in [2.45, 2.75) is 6.92 Å². The Bertz CT molecular complexity index is 2290. The fraction of sp³-hybridized carbons (Fsp3) is 0.0250. The van der Waals surface area contributed by atoms with Gasteiger partial charge < -0.3 is 0 Å². The van der Waals surface area contributed by atoms with Crippen molar-refractivity contribution in [3.05, 3.63) is 145 Å². The molecular weight excluding hydrogens is 494 g/mol. The number of rotatable bonds is 4. The zero-order valence-electron chi connectivity index (χ0n) is 22.8. The van der Waals surface area contributed by atoms with Crippen molar-refractivity contribution in [3.63, 3.8) is 0 Å². The number of fused-ring (bicyclic) bond motifs is 2. The van der Waals surface area contributed by atoms with Crippen molar-refractivity contribution in [2.24, 2.45) is 0 Å². The summed E-state index contributed by atoms with van der Waals surface area (Å²) in [6, 6.07) is 44.3. The zero-order chi connectivity index (χ0) is 27.3. The second kappa shape index (κ2) is 9.43. The fourth-order valence-electron chi connectivity index (χ4n) is 6.41. The molecule has 0 unspecified atom stereocenters.